The molecule has 1 aliphatic rings. The van der Waals surface area contributed by atoms with Crippen molar-refractivity contribution in [2.45, 2.75) is 50.9 Å². The van der Waals surface area contributed by atoms with Crippen molar-refractivity contribution in [3.8, 4) is 0 Å². The number of aliphatic hydroxyl groups excluding tert-OH is 1. The van der Waals surface area contributed by atoms with Gasteiger partial charge in [-0.25, -0.2) is 4.39 Å². The molecular weight excluding hydrogens is 415 g/mol. The molecule has 4 N–H and O–H groups in total. The Bertz CT molecular complexity index is 945. The van der Waals surface area contributed by atoms with Crippen molar-refractivity contribution < 1.29 is 23.8 Å². The number of halogens is 1. The highest BCUT2D eigenvalue weighted by Gasteiger charge is 2.40. The zero-order chi connectivity index (χ0) is 23.4. The van der Waals surface area contributed by atoms with E-state index in [2.05, 4.69) is 22.5 Å². The lowest BCUT2D eigenvalue weighted by molar-refractivity contribution is -0.141. The number of hydrogen-bond acceptors (Lipinski definition) is 5. The van der Waals surface area contributed by atoms with E-state index in [0.29, 0.717) is 13.0 Å². The number of amides is 2. The van der Waals surface area contributed by atoms with Gasteiger partial charge in [-0.3, -0.25) is 9.59 Å². The highest BCUT2D eigenvalue weighted by Crippen LogP contribution is 2.30. The number of aliphatic hydroxyl groups is 1. The van der Waals surface area contributed by atoms with Crippen molar-refractivity contribution in [3.63, 3.8) is 0 Å². The number of nitrogens with one attached hydrogen (secondary N) is 3. The van der Waals surface area contributed by atoms with Gasteiger partial charge in [0.2, 0.25) is 11.8 Å². The molecule has 3 rings (SSSR count). The number of H-pyrrole nitrogens is 1. The van der Waals surface area contributed by atoms with Crippen LogP contribution in [-0.2, 0) is 20.7 Å². The van der Waals surface area contributed by atoms with Gasteiger partial charge in [0.05, 0.1) is 12.7 Å². The topological polar surface area (TPSA) is 107 Å². The fraction of sp³-hybridized carbons (Fsp3) is 0.565. The van der Waals surface area contributed by atoms with Crippen LogP contribution in [0, 0.1) is 11.7 Å². The van der Waals surface area contributed by atoms with E-state index in [1.165, 1.54) is 19.2 Å². The minimum Gasteiger partial charge on any atom is -0.394 e. The number of likely N-dealkylation sites (N-methyl/N-ethyl adjacent to an activating group) is 1. The van der Waals surface area contributed by atoms with Crippen LogP contribution in [0.3, 0.4) is 0 Å². The van der Waals surface area contributed by atoms with E-state index in [-0.39, 0.29) is 30.3 Å². The summed E-state index contributed by atoms with van der Waals surface area (Å²) >= 11 is 0. The van der Waals surface area contributed by atoms with Gasteiger partial charge in [0.25, 0.3) is 0 Å². The fourth-order valence-electron chi connectivity index (χ4n) is 4.40. The van der Waals surface area contributed by atoms with E-state index in [4.69, 9.17) is 4.74 Å². The Hall–Kier alpha value is -2.49. The van der Waals surface area contributed by atoms with Crippen molar-refractivity contribution in [2.24, 2.45) is 5.92 Å². The molecular formula is C23H33FN4O4. The molecule has 0 aliphatic carbocycles. The van der Waals surface area contributed by atoms with Gasteiger partial charge in [0.15, 0.2) is 0 Å². The Kier molecular flexibility index (Phi) is 7.86. The Morgan fingerprint density at radius 2 is 2.16 bits per heavy atom. The quantitative estimate of drug-likeness (QED) is 0.461. The summed E-state index contributed by atoms with van der Waals surface area (Å²) < 4.78 is 18.9. The molecule has 2 heterocycles. The SMILES string of the molecule is CN[C@@H](CO)C(=O)N[C@H](C(=O)N1CCC(C)[C@@H]1Cc1c[nH]c2cc(F)ccc12)C(C)OC. The third kappa shape index (κ3) is 4.95. The highest BCUT2D eigenvalue weighted by atomic mass is 19.1. The summed E-state index contributed by atoms with van der Waals surface area (Å²) in [5, 5.41) is 15.8. The standard InChI is InChI=1S/C23H33FN4O4/c1-13-7-8-28(20(13)9-15-11-26-18-10-16(24)5-6-17(15)18)23(31)21(14(2)32-4)27-22(30)19(12-29)25-3/h5-6,10-11,13-14,19-21,25-26,29H,7-9,12H2,1-4H3,(H,27,30)/t13?,14?,19-,20-,21-/m0/s1. The molecule has 0 radical (unpaired) electrons. The molecule has 1 aromatic carbocycles. The van der Waals surface area contributed by atoms with Crippen molar-refractivity contribution in [2.75, 3.05) is 27.3 Å². The zero-order valence-electron chi connectivity index (χ0n) is 19.0. The van der Waals surface area contributed by atoms with Crippen LogP contribution in [0.1, 0.15) is 25.8 Å². The Labute approximate surface area is 187 Å². The Morgan fingerprint density at radius 3 is 2.81 bits per heavy atom. The lowest BCUT2D eigenvalue weighted by Crippen LogP contribution is -2.59. The zero-order valence-corrected chi connectivity index (χ0v) is 19.0. The van der Waals surface area contributed by atoms with Gasteiger partial charge in [0.1, 0.15) is 17.9 Å². The van der Waals surface area contributed by atoms with E-state index in [1.807, 2.05) is 11.1 Å². The van der Waals surface area contributed by atoms with Crippen LogP contribution in [-0.4, -0.2) is 78.3 Å². The summed E-state index contributed by atoms with van der Waals surface area (Å²) in [4.78, 5) is 31.0. The third-order valence-electron chi connectivity index (χ3n) is 6.58. The molecule has 1 aromatic heterocycles. The summed E-state index contributed by atoms with van der Waals surface area (Å²) in [6, 6.07) is 2.91. The first-order chi connectivity index (χ1) is 15.3. The molecule has 2 aromatic rings. The number of rotatable bonds is 9. The number of hydrogen-bond donors (Lipinski definition) is 4. The molecule has 1 fully saturated rings. The van der Waals surface area contributed by atoms with Crippen LogP contribution in [0.2, 0.25) is 0 Å². The first kappa shape index (κ1) is 24.2. The van der Waals surface area contributed by atoms with Crippen LogP contribution in [0.15, 0.2) is 24.4 Å². The largest absolute Gasteiger partial charge is 0.394 e. The number of aromatic nitrogens is 1. The summed E-state index contributed by atoms with van der Waals surface area (Å²) in [5.74, 6) is -0.701. The molecule has 5 atom stereocenters. The summed E-state index contributed by atoms with van der Waals surface area (Å²) in [6.07, 6.45) is 2.80. The first-order valence-corrected chi connectivity index (χ1v) is 11.0. The van der Waals surface area contributed by atoms with Gasteiger partial charge in [-0.15, -0.1) is 0 Å². The number of fused-ring (bicyclic) bond motifs is 1. The lowest BCUT2D eigenvalue weighted by Gasteiger charge is -2.33. The monoisotopic (exact) mass is 448 g/mol. The normalized spacial score (nSPS) is 21.5. The lowest BCUT2D eigenvalue weighted by atomic mass is 9.95. The van der Waals surface area contributed by atoms with Gasteiger partial charge in [-0.05, 0) is 56.5 Å². The minimum absolute atomic E-state index is 0.0621. The molecule has 1 saturated heterocycles. The molecule has 0 bridgehead atoms. The van der Waals surface area contributed by atoms with Gasteiger partial charge in [-0.1, -0.05) is 6.92 Å². The second-order valence-electron chi connectivity index (χ2n) is 8.52. The third-order valence-corrected chi connectivity index (χ3v) is 6.58. The van der Waals surface area contributed by atoms with Crippen LogP contribution < -0.4 is 10.6 Å². The van der Waals surface area contributed by atoms with Gasteiger partial charge < -0.3 is 30.4 Å². The molecule has 176 valence electrons. The predicted molar refractivity (Wildman–Crippen MR) is 120 cm³/mol. The number of likely N-dealkylation sites (tertiary alicyclic amines) is 1. The maximum Gasteiger partial charge on any atom is 0.248 e. The van der Waals surface area contributed by atoms with E-state index in [1.54, 1.807) is 20.0 Å². The van der Waals surface area contributed by atoms with E-state index >= 15 is 0 Å². The first-order valence-electron chi connectivity index (χ1n) is 11.0. The van der Waals surface area contributed by atoms with Crippen LogP contribution in [0.25, 0.3) is 10.9 Å². The fourth-order valence-corrected chi connectivity index (χ4v) is 4.40. The minimum atomic E-state index is -0.875. The van der Waals surface area contributed by atoms with Crippen LogP contribution in [0.4, 0.5) is 4.39 Å². The molecule has 1 aliphatic heterocycles. The maximum atomic E-state index is 13.6. The molecule has 9 heteroatoms. The number of benzene rings is 1. The van der Waals surface area contributed by atoms with E-state index < -0.39 is 24.1 Å². The van der Waals surface area contributed by atoms with Gasteiger partial charge in [-0.2, -0.15) is 0 Å². The Balaban J connectivity index is 1.82. The number of carbonyl (C=O) groups is 2. The number of methoxy groups -OCH3 is 1. The smallest absolute Gasteiger partial charge is 0.248 e. The maximum absolute atomic E-state index is 13.6. The molecule has 0 spiro atoms. The molecule has 8 nitrogen and oxygen atoms in total. The van der Waals surface area contributed by atoms with Gasteiger partial charge in [0, 0.05) is 36.8 Å². The van der Waals surface area contributed by atoms with E-state index in [9.17, 15) is 19.1 Å². The van der Waals surface area contributed by atoms with Crippen molar-refractivity contribution in [1.29, 1.82) is 0 Å². The number of aromatic amines is 1. The molecule has 2 amide bonds. The second-order valence-corrected chi connectivity index (χ2v) is 8.52. The molecule has 32 heavy (non-hydrogen) atoms. The second kappa shape index (κ2) is 10.4. The van der Waals surface area contributed by atoms with Gasteiger partial charge >= 0.3 is 0 Å². The Morgan fingerprint density at radius 1 is 1.41 bits per heavy atom. The van der Waals surface area contributed by atoms with Crippen molar-refractivity contribution in [1.82, 2.24) is 20.5 Å². The number of nitrogens with zero attached hydrogens (tertiary/aromatic N) is 1. The summed E-state index contributed by atoms with van der Waals surface area (Å²) in [6.45, 7) is 4.05. The summed E-state index contributed by atoms with van der Waals surface area (Å²) in [5.41, 5.74) is 1.75. The van der Waals surface area contributed by atoms with Crippen LogP contribution >= 0.6 is 0 Å². The summed E-state index contributed by atoms with van der Waals surface area (Å²) in [7, 11) is 3.07. The highest BCUT2D eigenvalue weighted by molar-refractivity contribution is 5.90. The average molecular weight is 449 g/mol. The predicted octanol–water partition coefficient (Wildman–Crippen LogP) is 1.19. The van der Waals surface area contributed by atoms with E-state index in [0.717, 1.165) is 22.9 Å². The van der Waals surface area contributed by atoms with Crippen molar-refractivity contribution in [3.05, 3.63) is 35.8 Å². The van der Waals surface area contributed by atoms with Crippen LogP contribution in [0.5, 0.6) is 0 Å². The molecule has 0 saturated carbocycles. The number of ether oxygens (including phenoxy) is 1. The number of carbonyl (C=O) groups excluding carboxylic acids is 2. The average Bonchev–Trinajstić information content (AvgIpc) is 3.35. The van der Waals surface area contributed by atoms with Crippen molar-refractivity contribution >= 4 is 22.7 Å². The molecule has 2 unspecified atom stereocenters.